The van der Waals surface area contributed by atoms with Crippen molar-refractivity contribution < 1.29 is 0 Å². The van der Waals surface area contributed by atoms with Gasteiger partial charge in [0.2, 0.25) is 0 Å². The summed E-state index contributed by atoms with van der Waals surface area (Å²) in [7, 11) is 0. The first-order valence-electron chi connectivity index (χ1n) is 5.29. The van der Waals surface area contributed by atoms with Crippen molar-refractivity contribution in [3.05, 3.63) is 29.6 Å². The van der Waals surface area contributed by atoms with Gasteiger partial charge in [-0.05, 0) is 31.4 Å². The molecular formula is C12H17N. The number of hydrogen-bond acceptors (Lipinski definition) is 1. The lowest BCUT2D eigenvalue weighted by atomic mass is 9.85. The third kappa shape index (κ3) is 1.90. The number of aromatic nitrogens is 1. The summed E-state index contributed by atoms with van der Waals surface area (Å²) in [5.41, 5.74) is 2.72. The molecule has 1 aliphatic rings. The van der Waals surface area contributed by atoms with Crippen LogP contribution in [0.15, 0.2) is 18.3 Å². The minimum absolute atomic E-state index is 0.745. The standard InChI is InChI=1S/C12H17N/c1-10-6-5-9-13-12(10)11-7-3-2-4-8-11/h5-6,9,11H,2-4,7-8H2,1H3. The van der Waals surface area contributed by atoms with Gasteiger partial charge in [-0.15, -0.1) is 0 Å². The lowest BCUT2D eigenvalue weighted by molar-refractivity contribution is 0.435. The molecule has 0 spiro atoms. The van der Waals surface area contributed by atoms with Gasteiger partial charge in [0.25, 0.3) is 0 Å². The van der Waals surface area contributed by atoms with Crippen LogP contribution in [-0.2, 0) is 0 Å². The average Bonchev–Trinajstić information content (AvgIpc) is 2.20. The molecule has 0 aliphatic heterocycles. The molecule has 0 unspecified atom stereocenters. The van der Waals surface area contributed by atoms with Crippen molar-refractivity contribution >= 4 is 0 Å². The molecular weight excluding hydrogens is 158 g/mol. The van der Waals surface area contributed by atoms with E-state index < -0.39 is 0 Å². The lowest BCUT2D eigenvalue weighted by Gasteiger charge is -2.22. The van der Waals surface area contributed by atoms with E-state index in [2.05, 4.69) is 18.0 Å². The molecule has 1 aliphatic carbocycles. The summed E-state index contributed by atoms with van der Waals surface area (Å²) in [6.07, 6.45) is 8.82. The number of nitrogens with zero attached hydrogens (tertiary/aromatic N) is 1. The van der Waals surface area contributed by atoms with Crippen LogP contribution in [0.3, 0.4) is 0 Å². The molecule has 1 fully saturated rings. The van der Waals surface area contributed by atoms with Crippen molar-refractivity contribution in [1.29, 1.82) is 0 Å². The van der Waals surface area contributed by atoms with E-state index in [1.807, 2.05) is 12.3 Å². The summed E-state index contributed by atoms with van der Waals surface area (Å²) < 4.78 is 0. The molecule has 1 aromatic rings. The highest BCUT2D eigenvalue weighted by atomic mass is 14.7. The highest BCUT2D eigenvalue weighted by molar-refractivity contribution is 5.21. The molecule has 0 bridgehead atoms. The largest absolute Gasteiger partial charge is 0.261 e. The van der Waals surface area contributed by atoms with Gasteiger partial charge >= 0.3 is 0 Å². The summed E-state index contributed by atoms with van der Waals surface area (Å²) in [5.74, 6) is 0.745. The molecule has 1 saturated carbocycles. The molecule has 70 valence electrons. The van der Waals surface area contributed by atoms with Crippen molar-refractivity contribution in [1.82, 2.24) is 4.98 Å². The maximum Gasteiger partial charge on any atom is 0.0463 e. The third-order valence-corrected chi connectivity index (χ3v) is 3.04. The van der Waals surface area contributed by atoms with Gasteiger partial charge in [-0.2, -0.15) is 0 Å². The van der Waals surface area contributed by atoms with E-state index in [1.54, 1.807) is 0 Å². The fourth-order valence-electron chi connectivity index (χ4n) is 2.30. The van der Waals surface area contributed by atoms with E-state index in [9.17, 15) is 0 Å². The fraction of sp³-hybridized carbons (Fsp3) is 0.583. The van der Waals surface area contributed by atoms with Crippen molar-refractivity contribution in [2.75, 3.05) is 0 Å². The number of hydrogen-bond donors (Lipinski definition) is 0. The van der Waals surface area contributed by atoms with Crippen LogP contribution >= 0.6 is 0 Å². The van der Waals surface area contributed by atoms with Crippen LogP contribution in [-0.4, -0.2) is 4.98 Å². The summed E-state index contributed by atoms with van der Waals surface area (Å²) in [6.45, 7) is 2.18. The highest BCUT2D eigenvalue weighted by Crippen LogP contribution is 2.32. The van der Waals surface area contributed by atoms with Crippen molar-refractivity contribution in [2.45, 2.75) is 44.9 Å². The van der Waals surface area contributed by atoms with Gasteiger partial charge in [-0.25, -0.2) is 0 Å². The minimum atomic E-state index is 0.745. The molecule has 1 heterocycles. The molecule has 0 N–H and O–H groups in total. The van der Waals surface area contributed by atoms with Gasteiger partial charge in [0, 0.05) is 17.8 Å². The zero-order valence-electron chi connectivity index (χ0n) is 8.29. The summed E-state index contributed by atoms with van der Waals surface area (Å²) >= 11 is 0. The van der Waals surface area contributed by atoms with E-state index in [0.29, 0.717) is 0 Å². The molecule has 1 aromatic heterocycles. The molecule has 0 radical (unpaired) electrons. The maximum atomic E-state index is 4.50. The van der Waals surface area contributed by atoms with Gasteiger partial charge in [0.15, 0.2) is 0 Å². The van der Waals surface area contributed by atoms with Gasteiger partial charge in [0.05, 0.1) is 0 Å². The van der Waals surface area contributed by atoms with Crippen LogP contribution in [0.25, 0.3) is 0 Å². The van der Waals surface area contributed by atoms with Crippen LogP contribution in [0, 0.1) is 6.92 Å². The van der Waals surface area contributed by atoms with Gasteiger partial charge in [-0.1, -0.05) is 25.3 Å². The van der Waals surface area contributed by atoms with Crippen LogP contribution in [0.5, 0.6) is 0 Å². The predicted octanol–water partition coefficient (Wildman–Crippen LogP) is 3.44. The second-order valence-electron chi connectivity index (χ2n) is 4.04. The summed E-state index contributed by atoms with van der Waals surface area (Å²) in [4.78, 5) is 4.50. The zero-order valence-corrected chi connectivity index (χ0v) is 8.29. The lowest BCUT2D eigenvalue weighted by Crippen LogP contribution is -2.07. The van der Waals surface area contributed by atoms with Gasteiger partial charge < -0.3 is 0 Å². The Hall–Kier alpha value is -0.850. The number of rotatable bonds is 1. The van der Waals surface area contributed by atoms with Crippen LogP contribution in [0.2, 0.25) is 0 Å². The predicted molar refractivity (Wildman–Crippen MR) is 54.8 cm³/mol. The molecule has 1 heteroatoms. The number of pyridine rings is 1. The van der Waals surface area contributed by atoms with E-state index in [0.717, 1.165) is 5.92 Å². The SMILES string of the molecule is Cc1cccnc1C1CCCCC1. The van der Waals surface area contributed by atoms with Crippen molar-refractivity contribution in [2.24, 2.45) is 0 Å². The molecule has 0 saturated heterocycles. The average molecular weight is 175 g/mol. The van der Waals surface area contributed by atoms with Crippen molar-refractivity contribution in [3.8, 4) is 0 Å². The topological polar surface area (TPSA) is 12.9 Å². The Bertz CT molecular complexity index is 274. The molecule has 0 aromatic carbocycles. The number of aryl methyl sites for hydroxylation is 1. The Morgan fingerprint density at radius 1 is 1.23 bits per heavy atom. The van der Waals surface area contributed by atoms with E-state index in [4.69, 9.17) is 0 Å². The molecule has 0 atom stereocenters. The first-order valence-corrected chi connectivity index (χ1v) is 5.29. The Balaban J connectivity index is 2.18. The molecule has 1 nitrogen and oxygen atoms in total. The van der Waals surface area contributed by atoms with E-state index in [1.165, 1.54) is 43.4 Å². The Morgan fingerprint density at radius 2 is 2.00 bits per heavy atom. The van der Waals surface area contributed by atoms with E-state index >= 15 is 0 Å². The van der Waals surface area contributed by atoms with Crippen molar-refractivity contribution in [3.63, 3.8) is 0 Å². The monoisotopic (exact) mass is 175 g/mol. The first kappa shape index (κ1) is 8.74. The van der Waals surface area contributed by atoms with Crippen LogP contribution in [0.1, 0.15) is 49.3 Å². The van der Waals surface area contributed by atoms with Crippen LogP contribution in [0.4, 0.5) is 0 Å². The van der Waals surface area contributed by atoms with Gasteiger partial charge in [0.1, 0.15) is 0 Å². The normalized spacial score (nSPS) is 18.8. The summed E-state index contributed by atoms with van der Waals surface area (Å²) in [6, 6.07) is 4.21. The highest BCUT2D eigenvalue weighted by Gasteiger charge is 2.17. The third-order valence-electron chi connectivity index (χ3n) is 3.04. The first-order chi connectivity index (χ1) is 6.38. The minimum Gasteiger partial charge on any atom is -0.261 e. The van der Waals surface area contributed by atoms with Crippen LogP contribution < -0.4 is 0 Å². The Labute approximate surface area is 80.2 Å². The maximum absolute atomic E-state index is 4.50. The smallest absolute Gasteiger partial charge is 0.0463 e. The second-order valence-corrected chi connectivity index (χ2v) is 4.04. The Morgan fingerprint density at radius 3 is 2.69 bits per heavy atom. The Kier molecular flexibility index (Phi) is 2.62. The van der Waals surface area contributed by atoms with Gasteiger partial charge in [-0.3, -0.25) is 4.98 Å². The quantitative estimate of drug-likeness (QED) is 0.637. The zero-order chi connectivity index (χ0) is 9.10. The van der Waals surface area contributed by atoms with E-state index in [-0.39, 0.29) is 0 Å². The molecule has 13 heavy (non-hydrogen) atoms. The summed E-state index contributed by atoms with van der Waals surface area (Å²) in [5, 5.41) is 0. The molecule has 2 rings (SSSR count). The molecule has 0 amide bonds. The fourth-order valence-corrected chi connectivity index (χ4v) is 2.30. The second kappa shape index (κ2) is 3.91.